The molecule has 2 amide bonds. The van der Waals surface area contributed by atoms with Crippen LogP contribution in [0.4, 0.5) is 4.79 Å². The van der Waals surface area contributed by atoms with Gasteiger partial charge in [-0.15, -0.1) is 0 Å². The third-order valence-electron chi connectivity index (χ3n) is 4.16. The molecule has 0 aliphatic carbocycles. The van der Waals surface area contributed by atoms with Crippen molar-refractivity contribution in [1.29, 1.82) is 0 Å². The fourth-order valence-corrected chi connectivity index (χ4v) is 2.77. The zero-order chi connectivity index (χ0) is 20.5. The number of rotatable bonds is 9. The molecule has 28 heavy (non-hydrogen) atoms. The zero-order valence-electron chi connectivity index (χ0n) is 16.3. The van der Waals surface area contributed by atoms with Crippen molar-refractivity contribution in [3.63, 3.8) is 0 Å². The van der Waals surface area contributed by atoms with Gasteiger partial charge < -0.3 is 24.8 Å². The molecule has 0 fully saturated rings. The van der Waals surface area contributed by atoms with Gasteiger partial charge in [-0.3, -0.25) is 0 Å². The van der Waals surface area contributed by atoms with Crippen LogP contribution in [0.1, 0.15) is 33.6 Å². The van der Waals surface area contributed by atoms with Crippen molar-refractivity contribution in [1.82, 2.24) is 10.6 Å². The summed E-state index contributed by atoms with van der Waals surface area (Å²) in [7, 11) is 0. The number of carbonyl (C=O) groups excluding carboxylic acids is 3. The SMILES string of the molecule is CCOC(=O)C1=C(COC(=O)[C@H](CC)Oc2ccccc2)NC(=O)N[C@H]1CC. The number of para-hydroxylation sites is 1. The molecule has 152 valence electrons. The van der Waals surface area contributed by atoms with Crippen LogP contribution >= 0.6 is 0 Å². The van der Waals surface area contributed by atoms with E-state index in [4.69, 9.17) is 14.2 Å². The number of nitrogens with one attached hydrogen (secondary N) is 2. The first kappa shape index (κ1) is 21.3. The number of esters is 2. The molecule has 0 saturated heterocycles. The quantitative estimate of drug-likeness (QED) is 0.627. The van der Waals surface area contributed by atoms with Crippen LogP contribution in [0.2, 0.25) is 0 Å². The van der Waals surface area contributed by atoms with Crippen LogP contribution in [0, 0.1) is 0 Å². The molecule has 0 saturated carbocycles. The molecule has 0 unspecified atom stereocenters. The third kappa shape index (κ3) is 5.48. The Balaban J connectivity index is 2.12. The highest BCUT2D eigenvalue weighted by Crippen LogP contribution is 2.18. The molecule has 0 radical (unpaired) electrons. The third-order valence-corrected chi connectivity index (χ3v) is 4.16. The molecule has 2 N–H and O–H groups in total. The second kappa shape index (κ2) is 10.3. The molecule has 0 aromatic heterocycles. The fourth-order valence-electron chi connectivity index (χ4n) is 2.77. The van der Waals surface area contributed by atoms with Gasteiger partial charge in [0.1, 0.15) is 12.4 Å². The first-order chi connectivity index (χ1) is 13.5. The van der Waals surface area contributed by atoms with E-state index in [1.54, 1.807) is 38.1 Å². The number of carbonyl (C=O) groups is 3. The summed E-state index contributed by atoms with van der Waals surface area (Å²) in [6.45, 7) is 5.27. The molecule has 1 aromatic carbocycles. The smallest absolute Gasteiger partial charge is 0.347 e. The van der Waals surface area contributed by atoms with Crippen LogP contribution in [-0.2, 0) is 19.1 Å². The normalized spacial score (nSPS) is 17.2. The van der Waals surface area contributed by atoms with Crippen molar-refractivity contribution in [3.05, 3.63) is 41.6 Å². The van der Waals surface area contributed by atoms with Crippen LogP contribution in [0.15, 0.2) is 41.6 Å². The lowest BCUT2D eigenvalue weighted by molar-refractivity contribution is -0.151. The number of amides is 2. The minimum Gasteiger partial charge on any atom is -0.479 e. The van der Waals surface area contributed by atoms with Crippen molar-refractivity contribution in [2.75, 3.05) is 13.2 Å². The van der Waals surface area contributed by atoms with E-state index in [0.717, 1.165) is 0 Å². The average molecular weight is 390 g/mol. The Morgan fingerprint density at radius 1 is 1.11 bits per heavy atom. The van der Waals surface area contributed by atoms with Gasteiger partial charge in [-0.1, -0.05) is 32.0 Å². The maximum atomic E-state index is 12.4. The number of hydrogen-bond acceptors (Lipinski definition) is 6. The number of hydrogen-bond donors (Lipinski definition) is 2. The molecule has 0 spiro atoms. The standard InChI is InChI=1S/C20H26N2O6/c1-4-14-17(19(24)26-6-3)15(22-20(25)21-14)12-27-18(23)16(5-2)28-13-10-8-7-9-11-13/h7-11,14,16H,4-6,12H2,1-3H3,(H2,21,22,25)/t14-,16-/m0/s1. The fraction of sp³-hybridized carbons (Fsp3) is 0.450. The molecule has 1 aliphatic heterocycles. The number of urea groups is 1. The molecular weight excluding hydrogens is 364 g/mol. The summed E-state index contributed by atoms with van der Waals surface area (Å²) >= 11 is 0. The van der Waals surface area contributed by atoms with Crippen molar-refractivity contribution in [2.24, 2.45) is 0 Å². The summed E-state index contributed by atoms with van der Waals surface area (Å²) in [5.74, 6) is -0.581. The average Bonchev–Trinajstić information content (AvgIpc) is 2.70. The van der Waals surface area contributed by atoms with Crippen molar-refractivity contribution in [2.45, 2.75) is 45.8 Å². The van der Waals surface area contributed by atoms with E-state index in [1.807, 2.05) is 13.0 Å². The first-order valence-corrected chi connectivity index (χ1v) is 9.36. The maximum Gasteiger partial charge on any atom is 0.347 e. The molecule has 2 rings (SSSR count). The van der Waals surface area contributed by atoms with Crippen LogP contribution in [0.3, 0.4) is 0 Å². The summed E-state index contributed by atoms with van der Waals surface area (Å²) in [5, 5.41) is 5.21. The van der Waals surface area contributed by atoms with E-state index in [9.17, 15) is 14.4 Å². The Labute approximate surface area is 164 Å². The van der Waals surface area contributed by atoms with Gasteiger partial charge in [-0.05, 0) is 31.9 Å². The Morgan fingerprint density at radius 2 is 1.82 bits per heavy atom. The summed E-state index contributed by atoms with van der Waals surface area (Å²) in [5.41, 5.74) is 0.478. The summed E-state index contributed by atoms with van der Waals surface area (Å²) < 4.78 is 16.1. The molecule has 1 aliphatic rings. The van der Waals surface area contributed by atoms with E-state index in [-0.39, 0.29) is 24.5 Å². The van der Waals surface area contributed by atoms with Gasteiger partial charge in [0.05, 0.1) is 23.9 Å². The molecule has 2 atom stereocenters. The second-order valence-electron chi connectivity index (χ2n) is 6.11. The van der Waals surface area contributed by atoms with Gasteiger partial charge in [0, 0.05) is 0 Å². The van der Waals surface area contributed by atoms with Gasteiger partial charge in [0.15, 0.2) is 6.10 Å². The van der Waals surface area contributed by atoms with E-state index in [0.29, 0.717) is 18.6 Å². The van der Waals surface area contributed by atoms with E-state index in [1.165, 1.54) is 0 Å². The Bertz CT molecular complexity index is 731. The maximum absolute atomic E-state index is 12.4. The Hall–Kier alpha value is -3.03. The molecule has 8 nitrogen and oxygen atoms in total. The summed E-state index contributed by atoms with van der Waals surface area (Å²) in [6, 6.07) is 7.98. The lowest BCUT2D eigenvalue weighted by Crippen LogP contribution is -2.51. The molecule has 8 heteroatoms. The lowest BCUT2D eigenvalue weighted by Gasteiger charge is -2.28. The monoisotopic (exact) mass is 390 g/mol. The highest BCUT2D eigenvalue weighted by molar-refractivity contribution is 5.95. The van der Waals surface area contributed by atoms with Gasteiger partial charge in [0.2, 0.25) is 0 Å². The second-order valence-corrected chi connectivity index (χ2v) is 6.11. The van der Waals surface area contributed by atoms with Crippen molar-refractivity contribution < 1.29 is 28.6 Å². The molecule has 1 heterocycles. The van der Waals surface area contributed by atoms with Gasteiger partial charge in [-0.2, -0.15) is 0 Å². The largest absolute Gasteiger partial charge is 0.479 e. The van der Waals surface area contributed by atoms with Crippen molar-refractivity contribution >= 4 is 18.0 Å². The molecular formula is C20H26N2O6. The van der Waals surface area contributed by atoms with E-state index in [2.05, 4.69) is 10.6 Å². The number of benzene rings is 1. The van der Waals surface area contributed by atoms with Crippen LogP contribution < -0.4 is 15.4 Å². The molecule has 1 aromatic rings. The summed E-state index contributed by atoms with van der Waals surface area (Å²) in [6.07, 6.45) is 0.102. The first-order valence-electron chi connectivity index (χ1n) is 9.36. The zero-order valence-corrected chi connectivity index (χ0v) is 16.3. The number of ether oxygens (including phenoxy) is 3. The highest BCUT2D eigenvalue weighted by Gasteiger charge is 2.32. The van der Waals surface area contributed by atoms with Gasteiger partial charge >= 0.3 is 18.0 Å². The predicted molar refractivity (Wildman–Crippen MR) is 102 cm³/mol. The topological polar surface area (TPSA) is 103 Å². The minimum atomic E-state index is -0.798. The van der Waals surface area contributed by atoms with Crippen molar-refractivity contribution in [3.8, 4) is 5.75 Å². The Morgan fingerprint density at radius 3 is 2.43 bits per heavy atom. The molecule has 0 bridgehead atoms. The van der Waals surface area contributed by atoms with Crippen LogP contribution in [0.25, 0.3) is 0 Å². The van der Waals surface area contributed by atoms with Crippen LogP contribution in [0.5, 0.6) is 5.75 Å². The predicted octanol–water partition coefficient (Wildman–Crippen LogP) is 2.30. The van der Waals surface area contributed by atoms with Crippen LogP contribution in [-0.4, -0.2) is 43.3 Å². The summed E-state index contributed by atoms with van der Waals surface area (Å²) in [4.78, 5) is 36.6. The van der Waals surface area contributed by atoms with E-state index < -0.39 is 30.1 Å². The highest BCUT2D eigenvalue weighted by atomic mass is 16.6. The minimum absolute atomic E-state index is 0.197. The lowest BCUT2D eigenvalue weighted by atomic mass is 10.0. The van der Waals surface area contributed by atoms with Gasteiger partial charge in [-0.25, -0.2) is 14.4 Å². The van der Waals surface area contributed by atoms with Gasteiger partial charge in [0.25, 0.3) is 0 Å². The Kier molecular flexibility index (Phi) is 7.86. The van der Waals surface area contributed by atoms with E-state index >= 15 is 0 Å².